The molecule has 1 aliphatic heterocycles. The van der Waals surface area contributed by atoms with E-state index in [-0.39, 0.29) is 0 Å². The topological polar surface area (TPSA) is 41.2 Å². The van der Waals surface area contributed by atoms with Crippen molar-refractivity contribution < 1.29 is 4.74 Å². The van der Waals surface area contributed by atoms with Gasteiger partial charge in [-0.1, -0.05) is 18.6 Å². The van der Waals surface area contributed by atoms with Gasteiger partial charge >= 0.3 is 0 Å². The third kappa shape index (κ3) is 3.18. The van der Waals surface area contributed by atoms with Crippen molar-refractivity contribution in [3.8, 4) is 11.8 Å². The Balaban J connectivity index is 1.86. The molecule has 3 rings (SSSR count). The van der Waals surface area contributed by atoms with Gasteiger partial charge in [0.1, 0.15) is 17.5 Å². The number of hydrogen-bond acceptors (Lipinski definition) is 3. The number of benzene rings is 1. The van der Waals surface area contributed by atoms with Crippen molar-refractivity contribution >= 4 is 0 Å². The number of ether oxygens (including phenoxy) is 1. The maximum atomic E-state index is 9.25. The van der Waals surface area contributed by atoms with Gasteiger partial charge in [-0.2, -0.15) is 5.26 Å². The second kappa shape index (κ2) is 7.11. The number of piperidine rings is 1. The van der Waals surface area contributed by atoms with Crippen LogP contribution in [0.15, 0.2) is 30.3 Å². The lowest BCUT2D eigenvalue weighted by Gasteiger charge is -2.36. The van der Waals surface area contributed by atoms with Crippen molar-refractivity contribution in [2.75, 3.05) is 13.7 Å². The van der Waals surface area contributed by atoms with Crippen LogP contribution in [0, 0.1) is 18.3 Å². The summed E-state index contributed by atoms with van der Waals surface area (Å²) in [6, 6.07) is 13.2. The molecule has 0 N–H and O–H groups in total. The molecular formula is C20H25N3O. The van der Waals surface area contributed by atoms with E-state index in [2.05, 4.69) is 36.1 Å². The van der Waals surface area contributed by atoms with Crippen LogP contribution in [0.2, 0.25) is 0 Å². The van der Waals surface area contributed by atoms with Gasteiger partial charge in [0.25, 0.3) is 0 Å². The third-order valence-electron chi connectivity index (χ3n) is 5.22. The highest BCUT2D eigenvalue weighted by atomic mass is 16.5. The number of methoxy groups -OCH3 is 1. The van der Waals surface area contributed by atoms with Crippen molar-refractivity contribution in [1.82, 2.24) is 9.47 Å². The highest BCUT2D eigenvalue weighted by Gasteiger charge is 2.25. The SMILES string of the molecule is COc1cccc(C2CCCCN2Cc2cc(C#N)n(C)c2C)c1. The van der Waals surface area contributed by atoms with Crippen LogP contribution >= 0.6 is 0 Å². The van der Waals surface area contributed by atoms with Gasteiger partial charge in [-0.25, -0.2) is 0 Å². The molecule has 0 bridgehead atoms. The van der Waals surface area contributed by atoms with Gasteiger partial charge in [-0.3, -0.25) is 4.90 Å². The zero-order valence-electron chi connectivity index (χ0n) is 14.7. The molecule has 126 valence electrons. The van der Waals surface area contributed by atoms with Crippen molar-refractivity contribution in [2.24, 2.45) is 7.05 Å². The predicted octanol–water partition coefficient (Wildman–Crippen LogP) is 3.94. The van der Waals surface area contributed by atoms with E-state index in [0.29, 0.717) is 6.04 Å². The Labute approximate surface area is 144 Å². The summed E-state index contributed by atoms with van der Waals surface area (Å²) >= 11 is 0. The highest BCUT2D eigenvalue weighted by molar-refractivity contribution is 5.35. The molecule has 0 amide bonds. The number of nitrogens with zero attached hydrogens (tertiary/aromatic N) is 3. The fourth-order valence-corrected chi connectivity index (χ4v) is 3.66. The van der Waals surface area contributed by atoms with Crippen LogP contribution in [-0.2, 0) is 13.6 Å². The van der Waals surface area contributed by atoms with Crippen molar-refractivity contribution in [3.05, 3.63) is 52.8 Å². The van der Waals surface area contributed by atoms with Crippen molar-refractivity contribution in [3.63, 3.8) is 0 Å². The lowest BCUT2D eigenvalue weighted by atomic mass is 9.94. The molecule has 4 heteroatoms. The van der Waals surface area contributed by atoms with Crippen molar-refractivity contribution in [1.29, 1.82) is 5.26 Å². The van der Waals surface area contributed by atoms with Crippen LogP contribution in [0.1, 0.15) is 47.8 Å². The Bertz CT molecular complexity index is 757. The minimum Gasteiger partial charge on any atom is -0.497 e. The van der Waals surface area contributed by atoms with E-state index in [1.54, 1.807) is 7.11 Å². The molecule has 24 heavy (non-hydrogen) atoms. The standard InChI is InChI=1S/C20H25N3O/c1-15-17(11-18(13-21)22(15)2)14-23-10-5-4-9-20(23)16-7-6-8-19(12-16)24-3/h6-8,11-12,20H,4-5,9-10,14H2,1-3H3. The first kappa shape index (κ1) is 16.6. The predicted molar refractivity (Wildman–Crippen MR) is 94.9 cm³/mol. The molecular weight excluding hydrogens is 298 g/mol. The lowest BCUT2D eigenvalue weighted by molar-refractivity contribution is 0.140. The van der Waals surface area contributed by atoms with E-state index in [0.717, 1.165) is 24.5 Å². The number of likely N-dealkylation sites (tertiary alicyclic amines) is 1. The number of nitriles is 1. The molecule has 2 heterocycles. The summed E-state index contributed by atoms with van der Waals surface area (Å²) in [6.45, 7) is 4.09. The second-order valence-electron chi connectivity index (χ2n) is 6.57. The smallest absolute Gasteiger partial charge is 0.120 e. The largest absolute Gasteiger partial charge is 0.497 e. The van der Waals surface area contributed by atoms with Gasteiger partial charge in [-0.15, -0.1) is 0 Å². The van der Waals surface area contributed by atoms with Crippen LogP contribution in [0.5, 0.6) is 5.75 Å². The molecule has 1 saturated heterocycles. The fourth-order valence-electron chi connectivity index (χ4n) is 3.66. The zero-order chi connectivity index (χ0) is 17.1. The summed E-state index contributed by atoms with van der Waals surface area (Å²) in [6.07, 6.45) is 3.66. The summed E-state index contributed by atoms with van der Waals surface area (Å²) in [5.41, 5.74) is 4.49. The molecule has 4 nitrogen and oxygen atoms in total. The average molecular weight is 323 g/mol. The van der Waals surface area contributed by atoms with E-state index >= 15 is 0 Å². The Kier molecular flexibility index (Phi) is 4.92. The van der Waals surface area contributed by atoms with E-state index in [4.69, 9.17) is 4.74 Å². The third-order valence-corrected chi connectivity index (χ3v) is 5.22. The van der Waals surface area contributed by atoms with Gasteiger partial charge in [0.2, 0.25) is 0 Å². The van der Waals surface area contributed by atoms with E-state index in [1.165, 1.54) is 36.1 Å². The fraction of sp³-hybridized carbons (Fsp3) is 0.450. The normalized spacial score (nSPS) is 18.3. The molecule has 0 saturated carbocycles. The minimum absolute atomic E-state index is 0.416. The van der Waals surface area contributed by atoms with E-state index in [9.17, 15) is 5.26 Å². The molecule has 0 spiro atoms. The van der Waals surface area contributed by atoms with Gasteiger partial charge in [-0.05, 0) is 55.6 Å². The molecule has 1 aromatic heterocycles. The Morgan fingerprint density at radius 3 is 2.83 bits per heavy atom. The summed E-state index contributed by atoms with van der Waals surface area (Å²) in [4.78, 5) is 2.54. The number of rotatable bonds is 4. The maximum Gasteiger partial charge on any atom is 0.120 e. The molecule has 1 unspecified atom stereocenters. The molecule has 1 atom stereocenters. The monoisotopic (exact) mass is 323 g/mol. The van der Waals surface area contributed by atoms with Crippen LogP contribution in [0.3, 0.4) is 0 Å². The summed E-state index contributed by atoms with van der Waals surface area (Å²) in [5, 5.41) is 9.25. The second-order valence-corrected chi connectivity index (χ2v) is 6.57. The number of hydrogen-bond donors (Lipinski definition) is 0. The van der Waals surface area contributed by atoms with Crippen LogP contribution in [0.4, 0.5) is 0 Å². The summed E-state index contributed by atoms with van der Waals surface area (Å²) < 4.78 is 7.38. The minimum atomic E-state index is 0.416. The van der Waals surface area contributed by atoms with E-state index < -0.39 is 0 Å². The molecule has 0 radical (unpaired) electrons. The Morgan fingerprint density at radius 1 is 1.29 bits per heavy atom. The quantitative estimate of drug-likeness (QED) is 0.856. The average Bonchev–Trinajstić information content (AvgIpc) is 2.90. The molecule has 2 aromatic rings. The van der Waals surface area contributed by atoms with Crippen LogP contribution < -0.4 is 4.74 Å². The molecule has 1 aliphatic rings. The zero-order valence-corrected chi connectivity index (χ0v) is 14.7. The maximum absolute atomic E-state index is 9.25. The van der Waals surface area contributed by atoms with Gasteiger partial charge in [0.05, 0.1) is 7.11 Å². The van der Waals surface area contributed by atoms with Gasteiger partial charge in [0, 0.05) is 25.3 Å². The first-order valence-corrected chi connectivity index (χ1v) is 8.57. The lowest BCUT2D eigenvalue weighted by Crippen LogP contribution is -2.33. The molecule has 1 fully saturated rings. The van der Waals surface area contributed by atoms with Gasteiger partial charge in [0.15, 0.2) is 0 Å². The van der Waals surface area contributed by atoms with E-state index in [1.807, 2.05) is 23.7 Å². The first-order valence-electron chi connectivity index (χ1n) is 8.57. The van der Waals surface area contributed by atoms with Gasteiger partial charge < -0.3 is 9.30 Å². The Hall–Kier alpha value is -2.25. The number of aromatic nitrogens is 1. The highest BCUT2D eigenvalue weighted by Crippen LogP contribution is 2.34. The Morgan fingerprint density at radius 2 is 2.12 bits per heavy atom. The first-order chi connectivity index (χ1) is 11.6. The van der Waals surface area contributed by atoms with Crippen LogP contribution in [0.25, 0.3) is 0 Å². The molecule has 0 aliphatic carbocycles. The van der Waals surface area contributed by atoms with Crippen LogP contribution in [-0.4, -0.2) is 23.1 Å². The summed E-state index contributed by atoms with van der Waals surface area (Å²) in [7, 11) is 3.68. The van der Waals surface area contributed by atoms with Crippen molar-refractivity contribution in [2.45, 2.75) is 38.8 Å². The summed E-state index contributed by atoms with van der Waals surface area (Å²) in [5.74, 6) is 0.917. The molecule has 1 aromatic carbocycles.